The molecule has 4 rings (SSSR count). The molecule has 1 unspecified atom stereocenters. The van der Waals surface area contributed by atoms with Gasteiger partial charge in [0.2, 0.25) is 0 Å². The average Bonchev–Trinajstić information content (AvgIpc) is 3.31. The number of hydrogen-bond donors (Lipinski definition) is 2. The third-order valence-electron chi connectivity index (χ3n) is 5.28. The number of carbonyl (C=O) groups excluding carboxylic acids is 1. The molecule has 0 aliphatic carbocycles. The summed E-state index contributed by atoms with van der Waals surface area (Å²) in [6.45, 7) is 7.43. The molecule has 3 aromatic rings. The van der Waals surface area contributed by atoms with E-state index >= 15 is 0 Å². The number of hydrogen-bond acceptors (Lipinski definition) is 5. The highest BCUT2D eigenvalue weighted by Crippen LogP contribution is 2.18. The lowest BCUT2D eigenvalue weighted by Crippen LogP contribution is -2.32. The normalized spacial score (nSPS) is 16.7. The smallest absolute Gasteiger partial charge is 0.278 e. The van der Waals surface area contributed by atoms with Crippen LogP contribution in [0.2, 0.25) is 0 Å². The maximum Gasteiger partial charge on any atom is 0.278 e. The molecule has 8 heteroatoms. The summed E-state index contributed by atoms with van der Waals surface area (Å²) in [5.74, 6) is 0.939. The summed E-state index contributed by atoms with van der Waals surface area (Å²) >= 11 is 0. The van der Waals surface area contributed by atoms with Crippen molar-refractivity contribution >= 4 is 11.7 Å². The van der Waals surface area contributed by atoms with E-state index < -0.39 is 0 Å². The Balaban J connectivity index is 1.44. The SMILES string of the molecule is Cc1cccc(Cn2ncc(C)c2NC(=O)c2cn(CC3CCCNC3)nn2)c1. The van der Waals surface area contributed by atoms with Gasteiger partial charge >= 0.3 is 0 Å². The number of nitrogens with zero attached hydrogens (tertiary/aromatic N) is 5. The third-order valence-corrected chi connectivity index (χ3v) is 5.28. The van der Waals surface area contributed by atoms with Crippen LogP contribution in [-0.4, -0.2) is 43.8 Å². The van der Waals surface area contributed by atoms with Gasteiger partial charge in [0.15, 0.2) is 5.69 Å². The van der Waals surface area contributed by atoms with Crippen LogP contribution in [0.15, 0.2) is 36.7 Å². The molecule has 0 radical (unpaired) electrons. The van der Waals surface area contributed by atoms with Gasteiger partial charge in [-0.2, -0.15) is 5.10 Å². The Morgan fingerprint density at radius 1 is 1.34 bits per heavy atom. The fraction of sp³-hybridized carbons (Fsp3) is 0.429. The maximum absolute atomic E-state index is 12.7. The zero-order valence-corrected chi connectivity index (χ0v) is 16.9. The van der Waals surface area contributed by atoms with Crippen LogP contribution in [0.25, 0.3) is 0 Å². The monoisotopic (exact) mass is 393 g/mol. The summed E-state index contributed by atoms with van der Waals surface area (Å²) in [5, 5.41) is 19.0. The summed E-state index contributed by atoms with van der Waals surface area (Å²) in [5.41, 5.74) is 3.56. The Bertz CT molecular complexity index is 985. The number of rotatable bonds is 6. The van der Waals surface area contributed by atoms with E-state index in [-0.39, 0.29) is 5.91 Å². The molecule has 8 nitrogen and oxygen atoms in total. The summed E-state index contributed by atoms with van der Waals surface area (Å²) in [4.78, 5) is 12.7. The van der Waals surface area contributed by atoms with Crippen molar-refractivity contribution in [3.05, 3.63) is 59.0 Å². The second kappa shape index (κ2) is 8.57. The number of piperidine rings is 1. The van der Waals surface area contributed by atoms with Gasteiger partial charge in [0.05, 0.1) is 18.9 Å². The van der Waals surface area contributed by atoms with Crippen molar-refractivity contribution in [2.75, 3.05) is 18.4 Å². The molecule has 2 aromatic heterocycles. The number of aryl methyl sites for hydroxylation is 2. The second-order valence-electron chi connectivity index (χ2n) is 7.82. The lowest BCUT2D eigenvalue weighted by molar-refractivity contribution is 0.102. The Labute approximate surface area is 170 Å². The summed E-state index contributed by atoms with van der Waals surface area (Å²) in [7, 11) is 0. The maximum atomic E-state index is 12.7. The fourth-order valence-electron chi connectivity index (χ4n) is 3.75. The molecule has 0 spiro atoms. The molecule has 0 saturated carbocycles. The van der Waals surface area contributed by atoms with Crippen molar-refractivity contribution in [3.8, 4) is 0 Å². The van der Waals surface area contributed by atoms with Gasteiger partial charge in [-0.05, 0) is 51.3 Å². The van der Waals surface area contributed by atoms with E-state index in [1.165, 1.54) is 18.4 Å². The Morgan fingerprint density at radius 2 is 2.24 bits per heavy atom. The first-order valence-electron chi connectivity index (χ1n) is 10.1. The van der Waals surface area contributed by atoms with Gasteiger partial charge in [0, 0.05) is 12.1 Å². The van der Waals surface area contributed by atoms with E-state index in [9.17, 15) is 4.79 Å². The highest BCUT2D eigenvalue weighted by molar-refractivity contribution is 6.02. The molecule has 1 saturated heterocycles. The minimum absolute atomic E-state index is 0.271. The van der Waals surface area contributed by atoms with E-state index in [0.717, 1.165) is 30.8 Å². The zero-order chi connectivity index (χ0) is 20.2. The molecule has 0 bridgehead atoms. The Hall–Kier alpha value is -3.00. The van der Waals surface area contributed by atoms with Crippen LogP contribution in [0.4, 0.5) is 5.82 Å². The molecule has 2 N–H and O–H groups in total. The van der Waals surface area contributed by atoms with Gasteiger partial charge in [-0.3, -0.25) is 9.48 Å². The van der Waals surface area contributed by atoms with Crippen molar-refractivity contribution in [3.63, 3.8) is 0 Å². The summed E-state index contributed by atoms with van der Waals surface area (Å²) in [6.07, 6.45) is 5.83. The molecule has 29 heavy (non-hydrogen) atoms. The number of anilines is 1. The van der Waals surface area contributed by atoms with Crippen LogP contribution < -0.4 is 10.6 Å². The molecule has 3 heterocycles. The Kier molecular flexibility index (Phi) is 5.71. The standard InChI is InChI=1S/C21H27N7O/c1-15-5-3-6-17(9-15)13-28-20(16(2)10-23-28)24-21(29)19-14-27(26-25-19)12-18-7-4-8-22-11-18/h3,5-6,9-10,14,18,22H,4,7-8,11-13H2,1-2H3,(H,24,29). The second-order valence-corrected chi connectivity index (χ2v) is 7.82. The topological polar surface area (TPSA) is 89.7 Å². The molecule has 1 atom stereocenters. The van der Waals surface area contributed by atoms with Gasteiger partial charge in [-0.25, -0.2) is 4.68 Å². The van der Waals surface area contributed by atoms with E-state index in [4.69, 9.17) is 0 Å². The van der Waals surface area contributed by atoms with E-state index in [1.54, 1.807) is 21.8 Å². The van der Waals surface area contributed by atoms with Crippen molar-refractivity contribution in [2.45, 2.75) is 39.8 Å². The third kappa shape index (κ3) is 4.71. The van der Waals surface area contributed by atoms with Crippen LogP contribution in [0.1, 0.15) is 40.0 Å². The lowest BCUT2D eigenvalue weighted by atomic mass is 10.00. The van der Waals surface area contributed by atoms with Gasteiger partial charge < -0.3 is 10.6 Å². The predicted octanol–water partition coefficient (Wildman–Crippen LogP) is 2.39. The largest absolute Gasteiger partial charge is 0.316 e. The first kappa shape index (κ1) is 19.3. The first-order chi connectivity index (χ1) is 14.1. The number of carbonyl (C=O) groups is 1. The highest BCUT2D eigenvalue weighted by Gasteiger charge is 2.18. The van der Waals surface area contributed by atoms with Crippen LogP contribution in [-0.2, 0) is 13.1 Å². The van der Waals surface area contributed by atoms with Gasteiger partial charge in [-0.1, -0.05) is 35.0 Å². The summed E-state index contributed by atoms with van der Waals surface area (Å²) in [6, 6.07) is 8.27. The number of aromatic nitrogens is 5. The van der Waals surface area contributed by atoms with Crippen LogP contribution >= 0.6 is 0 Å². The van der Waals surface area contributed by atoms with Gasteiger partial charge in [0.25, 0.3) is 5.91 Å². The molecule has 1 aromatic carbocycles. The number of benzene rings is 1. The van der Waals surface area contributed by atoms with E-state index in [1.807, 2.05) is 13.0 Å². The predicted molar refractivity (Wildman–Crippen MR) is 111 cm³/mol. The van der Waals surface area contributed by atoms with Crippen LogP contribution in [0.5, 0.6) is 0 Å². The molecular weight excluding hydrogens is 366 g/mol. The minimum atomic E-state index is -0.271. The van der Waals surface area contributed by atoms with Gasteiger partial charge in [0.1, 0.15) is 5.82 Å². The molecule has 152 valence electrons. The molecule has 1 aliphatic rings. The van der Waals surface area contributed by atoms with Crippen molar-refractivity contribution < 1.29 is 4.79 Å². The molecule has 1 amide bonds. The van der Waals surface area contributed by atoms with Crippen molar-refractivity contribution in [2.24, 2.45) is 5.92 Å². The van der Waals surface area contributed by atoms with Crippen molar-refractivity contribution in [1.29, 1.82) is 0 Å². The molecule has 1 fully saturated rings. The van der Waals surface area contributed by atoms with E-state index in [2.05, 4.69) is 51.2 Å². The highest BCUT2D eigenvalue weighted by atomic mass is 16.2. The molecular formula is C21H27N7O. The average molecular weight is 393 g/mol. The Morgan fingerprint density at radius 3 is 3.03 bits per heavy atom. The fourth-order valence-corrected chi connectivity index (χ4v) is 3.75. The first-order valence-corrected chi connectivity index (χ1v) is 10.1. The van der Waals surface area contributed by atoms with Crippen LogP contribution in [0.3, 0.4) is 0 Å². The summed E-state index contributed by atoms with van der Waals surface area (Å²) < 4.78 is 3.57. The van der Waals surface area contributed by atoms with Gasteiger partial charge in [-0.15, -0.1) is 5.10 Å². The quantitative estimate of drug-likeness (QED) is 0.671. The lowest BCUT2D eigenvalue weighted by Gasteiger charge is -2.22. The van der Waals surface area contributed by atoms with E-state index in [0.29, 0.717) is 24.0 Å². The minimum Gasteiger partial charge on any atom is -0.316 e. The number of nitrogens with one attached hydrogen (secondary N) is 2. The zero-order valence-electron chi connectivity index (χ0n) is 16.9. The number of amides is 1. The molecule has 1 aliphatic heterocycles. The van der Waals surface area contributed by atoms with Crippen molar-refractivity contribution in [1.82, 2.24) is 30.1 Å². The van der Waals surface area contributed by atoms with Crippen LogP contribution in [0, 0.1) is 19.8 Å².